The Balaban J connectivity index is 2.20. The molecule has 2 heterocycles. The van der Waals surface area contributed by atoms with Crippen LogP contribution in [0.3, 0.4) is 0 Å². The van der Waals surface area contributed by atoms with Crippen molar-refractivity contribution < 1.29 is 5.11 Å². The Hall–Kier alpha value is -1.16. The summed E-state index contributed by atoms with van der Waals surface area (Å²) in [7, 11) is 0. The van der Waals surface area contributed by atoms with Gasteiger partial charge in [0.25, 0.3) is 0 Å². The second kappa shape index (κ2) is 5.25. The van der Waals surface area contributed by atoms with Crippen molar-refractivity contribution >= 4 is 5.82 Å². The van der Waals surface area contributed by atoms with E-state index >= 15 is 0 Å². The predicted octanol–water partition coefficient (Wildman–Crippen LogP) is 1.74. The Labute approximate surface area is 96.3 Å². The quantitative estimate of drug-likeness (QED) is 0.844. The third-order valence-corrected chi connectivity index (χ3v) is 3.22. The largest absolute Gasteiger partial charge is 0.388 e. The van der Waals surface area contributed by atoms with Gasteiger partial charge in [0.2, 0.25) is 0 Å². The van der Waals surface area contributed by atoms with Gasteiger partial charge in [-0.15, -0.1) is 0 Å². The molecule has 4 heteroatoms. The van der Waals surface area contributed by atoms with E-state index in [0.717, 1.165) is 18.8 Å². The first-order valence-corrected chi connectivity index (χ1v) is 6.04. The van der Waals surface area contributed by atoms with E-state index < -0.39 is 0 Å². The summed E-state index contributed by atoms with van der Waals surface area (Å²) in [6.07, 6.45) is 6.67. The monoisotopic (exact) mass is 221 g/mol. The van der Waals surface area contributed by atoms with Gasteiger partial charge in [-0.3, -0.25) is 0 Å². The van der Waals surface area contributed by atoms with Crippen LogP contribution in [0.5, 0.6) is 0 Å². The Bertz CT molecular complexity index is 343. The van der Waals surface area contributed by atoms with Gasteiger partial charge in [-0.2, -0.15) is 0 Å². The second-order valence-electron chi connectivity index (χ2n) is 4.24. The second-order valence-corrected chi connectivity index (χ2v) is 4.24. The summed E-state index contributed by atoms with van der Waals surface area (Å²) in [6, 6.07) is 2.53. The Morgan fingerprint density at radius 1 is 1.50 bits per heavy atom. The van der Waals surface area contributed by atoms with Gasteiger partial charge in [0.1, 0.15) is 12.4 Å². The number of anilines is 1. The van der Waals surface area contributed by atoms with E-state index in [0.29, 0.717) is 11.9 Å². The van der Waals surface area contributed by atoms with Crippen molar-refractivity contribution in [3.05, 3.63) is 18.1 Å². The average molecular weight is 221 g/mol. The lowest BCUT2D eigenvalue weighted by molar-refractivity contribution is 0.271. The third kappa shape index (κ3) is 2.32. The van der Waals surface area contributed by atoms with Crippen LogP contribution in [0.4, 0.5) is 5.82 Å². The SMILES string of the molecule is CCC1CCCCN1c1ccnc(CO)n1. The number of nitrogens with zero attached hydrogens (tertiary/aromatic N) is 3. The van der Waals surface area contributed by atoms with E-state index in [1.165, 1.54) is 19.3 Å². The third-order valence-electron chi connectivity index (χ3n) is 3.22. The first kappa shape index (κ1) is 11.3. The molecule has 0 aromatic carbocycles. The van der Waals surface area contributed by atoms with E-state index in [4.69, 9.17) is 5.11 Å². The molecule has 0 bridgehead atoms. The van der Waals surface area contributed by atoms with Crippen LogP contribution in [0.25, 0.3) is 0 Å². The minimum absolute atomic E-state index is 0.0848. The van der Waals surface area contributed by atoms with E-state index in [9.17, 15) is 0 Å². The Morgan fingerprint density at radius 3 is 3.12 bits per heavy atom. The zero-order chi connectivity index (χ0) is 11.4. The normalized spacial score (nSPS) is 21.1. The molecule has 1 saturated heterocycles. The first-order valence-electron chi connectivity index (χ1n) is 6.04. The minimum atomic E-state index is -0.0848. The van der Waals surface area contributed by atoms with E-state index in [1.807, 2.05) is 6.07 Å². The van der Waals surface area contributed by atoms with Crippen LogP contribution in [0, 0.1) is 0 Å². The summed E-state index contributed by atoms with van der Waals surface area (Å²) in [6.45, 7) is 3.20. The molecule has 0 saturated carbocycles. The van der Waals surface area contributed by atoms with Gasteiger partial charge in [-0.1, -0.05) is 6.92 Å². The molecule has 1 aliphatic heterocycles. The summed E-state index contributed by atoms with van der Waals surface area (Å²) in [5, 5.41) is 9.04. The lowest BCUT2D eigenvalue weighted by atomic mass is 10.0. The van der Waals surface area contributed by atoms with Gasteiger partial charge in [-0.05, 0) is 31.7 Å². The Morgan fingerprint density at radius 2 is 2.38 bits per heavy atom. The fraction of sp³-hybridized carbons (Fsp3) is 0.667. The molecule has 4 nitrogen and oxygen atoms in total. The van der Waals surface area contributed by atoms with E-state index in [-0.39, 0.29) is 6.61 Å². The van der Waals surface area contributed by atoms with Crippen LogP contribution in [0.15, 0.2) is 12.3 Å². The number of piperidine rings is 1. The molecule has 1 aromatic rings. The van der Waals surface area contributed by atoms with Gasteiger partial charge in [0, 0.05) is 18.8 Å². The topological polar surface area (TPSA) is 49.2 Å². The van der Waals surface area contributed by atoms with Crippen molar-refractivity contribution in [3.8, 4) is 0 Å². The molecule has 1 unspecified atom stereocenters. The number of hydrogen-bond donors (Lipinski definition) is 1. The van der Waals surface area contributed by atoms with Crippen LogP contribution < -0.4 is 4.90 Å². The molecule has 1 fully saturated rings. The van der Waals surface area contributed by atoms with Crippen molar-refractivity contribution in [2.75, 3.05) is 11.4 Å². The predicted molar refractivity (Wildman–Crippen MR) is 63.2 cm³/mol. The number of aliphatic hydroxyl groups is 1. The fourth-order valence-electron chi connectivity index (χ4n) is 2.35. The number of aliphatic hydroxyl groups excluding tert-OH is 1. The zero-order valence-electron chi connectivity index (χ0n) is 9.76. The minimum Gasteiger partial charge on any atom is -0.388 e. The van der Waals surface area contributed by atoms with Gasteiger partial charge >= 0.3 is 0 Å². The van der Waals surface area contributed by atoms with Gasteiger partial charge in [-0.25, -0.2) is 9.97 Å². The molecule has 1 aromatic heterocycles. The van der Waals surface area contributed by atoms with E-state index in [2.05, 4.69) is 21.8 Å². The lowest BCUT2D eigenvalue weighted by Crippen LogP contribution is -2.39. The summed E-state index contributed by atoms with van der Waals surface area (Å²) >= 11 is 0. The standard InChI is InChI=1S/C12H19N3O/c1-2-10-5-3-4-8-15(10)12-6-7-13-11(9-16)14-12/h6-7,10,16H,2-5,8-9H2,1H3. The molecule has 1 N–H and O–H groups in total. The summed E-state index contributed by atoms with van der Waals surface area (Å²) in [5.41, 5.74) is 0. The molecule has 1 atom stereocenters. The summed E-state index contributed by atoms with van der Waals surface area (Å²) in [5.74, 6) is 1.48. The van der Waals surface area contributed by atoms with E-state index in [1.54, 1.807) is 6.20 Å². The summed E-state index contributed by atoms with van der Waals surface area (Å²) < 4.78 is 0. The molecule has 1 aliphatic rings. The highest BCUT2D eigenvalue weighted by Crippen LogP contribution is 2.24. The van der Waals surface area contributed by atoms with Crippen molar-refractivity contribution in [2.45, 2.75) is 45.3 Å². The molecule has 16 heavy (non-hydrogen) atoms. The number of aromatic nitrogens is 2. The fourth-order valence-corrected chi connectivity index (χ4v) is 2.35. The van der Waals surface area contributed by atoms with Crippen LogP contribution in [-0.4, -0.2) is 27.7 Å². The highest BCUT2D eigenvalue weighted by atomic mass is 16.3. The molecule has 0 aliphatic carbocycles. The van der Waals surface area contributed by atoms with Crippen LogP contribution in [0.1, 0.15) is 38.4 Å². The van der Waals surface area contributed by atoms with Gasteiger partial charge < -0.3 is 10.0 Å². The first-order chi connectivity index (χ1) is 7.85. The Kier molecular flexibility index (Phi) is 3.72. The molecular weight excluding hydrogens is 202 g/mol. The smallest absolute Gasteiger partial charge is 0.156 e. The van der Waals surface area contributed by atoms with Crippen molar-refractivity contribution in [2.24, 2.45) is 0 Å². The van der Waals surface area contributed by atoms with Crippen LogP contribution in [-0.2, 0) is 6.61 Å². The average Bonchev–Trinajstić information content (AvgIpc) is 2.38. The molecular formula is C12H19N3O. The van der Waals surface area contributed by atoms with Crippen molar-refractivity contribution in [1.82, 2.24) is 9.97 Å². The van der Waals surface area contributed by atoms with Crippen LogP contribution in [0.2, 0.25) is 0 Å². The van der Waals surface area contributed by atoms with Crippen LogP contribution >= 0.6 is 0 Å². The molecule has 0 spiro atoms. The number of hydrogen-bond acceptors (Lipinski definition) is 4. The summed E-state index contributed by atoms with van der Waals surface area (Å²) in [4.78, 5) is 10.7. The van der Waals surface area contributed by atoms with Gasteiger partial charge in [0.05, 0.1) is 0 Å². The molecule has 0 amide bonds. The van der Waals surface area contributed by atoms with Crippen molar-refractivity contribution in [1.29, 1.82) is 0 Å². The zero-order valence-corrected chi connectivity index (χ0v) is 9.76. The maximum Gasteiger partial charge on any atom is 0.156 e. The highest BCUT2D eigenvalue weighted by Gasteiger charge is 2.21. The maximum absolute atomic E-state index is 9.04. The van der Waals surface area contributed by atoms with Crippen molar-refractivity contribution in [3.63, 3.8) is 0 Å². The highest BCUT2D eigenvalue weighted by molar-refractivity contribution is 5.39. The van der Waals surface area contributed by atoms with Gasteiger partial charge in [0.15, 0.2) is 5.82 Å². The molecule has 0 radical (unpaired) electrons. The maximum atomic E-state index is 9.04. The lowest BCUT2D eigenvalue weighted by Gasteiger charge is -2.36. The molecule has 2 rings (SSSR count). The molecule has 88 valence electrons. The number of rotatable bonds is 3.